The maximum atomic E-state index is 12.3. The van der Waals surface area contributed by atoms with Gasteiger partial charge in [0.2, 0.25) is 0 Å². The third-order valence-electron chi connectivity index (χ3n) is 4.72. The van der Waals surface area contributed by atoms with Crippen LogP contribution in [0.2, 0.25) is 0 Å². The molecule has 3 amide bonds. The van der Waals surface area contributed by atoms with Crippen molar-refractivity contribution in [1.82, 2.24) is 21.2 Å². The van der Waals surface area contributed by atoms with Crippen LogP contribution >= 0.6 is 0 Å². The van der Waals surface area contributed by atoms with Crippen molar-refractivity contribution >= 4 is 22.3 Å². The fourth-order valence-corrected chi connectivity index (χ4v) is 3.62. The van der Waals surface area contributed by atoms with E-state index in [1.165, 1.54) is 6.42 Å². The number of hydrogen-bond donors (Lipinski definition) is 4. The largest absolute Gasteiger partial charge is 0.418 e. The number of nitrogens with zero attached hydrogens (tertiary/aromatic N) is 1. The minimum Gasteiger partial charge on any atom is -0.311 e. The number of amides is 3. The van der Waals surface area contributed by atoms with E-state index in [4.69, 9.17) is 9.39 Å². The summed E-state index contributed by atoms with van der Waals surface area (Å²) in [5.41, 5.74) is 3.96. The molecule has 2 aliphatic heterocycles. The summed E-state index contributed by atoms with van der Waals surface area (Å²) in [5.74, 6) is 0.245. The number of urea groups is 1. The Bertz CT molecular complexity index is 618. The molecule has 0 aromatic carbocycles. The van der Waals surface area contributed by atoms with Crippen LogP contribution in [0.3, 0.4) is 0 Å². The van der Waals surface area contributed by atoms with Crippen molar-refractivity contribution in [3.05, 3.63) is 0 Å². The number of rotatable bonds is 6. The number of likely N-dealkylation sites (tertiary alicyclic amines) is 1. The Kier molecular flexibility index (Phi) is 5.43. The molecule has 0 spiro atoms. The quantitative estimate of drug-likeness (QED) is 0.343. The highest BCUT2D eigenvalue weighted by Crippen LogP contribution is 2.40. The van der Waals surface area contributed by atoms with Crippen molar-refractivity contribution in [3.63, 3.8) is 0 Å². The second-order valence-corrected chi connectivity index (χ2v) is 7.62. The zero-order valence-electron chi connectivity index (χ0n) is 13.5. The lowest BCUT2D eigenvalue weighted by atomic mass is 10.0. The van der Waals surface area contributed by atoms with Gasteiger partial charge in [0.25, 0.3) is 5.91 Å². The average molecular weight is 378 g/mol. The first-order valence-electron chi connectivity index (χ1n) is 8.23. The lowest BCUT2D eigenvalue weighted by Crippen LogP contribution is -2.55. The molecule has 2 heterocycles. The Morgan fingerprint density at radius 1 is 1.24 bits per heavy atom. The van der Waals surface area contributed by atoms with Gasteiger partial charge in [-0.25, -0.2) is 10.3 Å². The molecule has 3 unspecified atom stereocenters. The molecule has 142 valence electrons. The fraction of sp³-hybridized carbons (Fsp3) is 0.846. The van der Waals surface area contributed by atoms with E-state index in [0.29, 0.717) is 25.5 Å². The SMILES string of the molecule is O=C(NOCC1CC2CC2N1)[C@@H]1CCCCN1C(=O)NOS(=O)(=O)O. The smallest absolute Gasteiger partial charge is 0.311 e. The molecule has 1 aliphatic carbocycles. The van der Waals surface area contributed by atoms with E-state index >= 15 is 0 Å². The van der Waals surface area contributed by atoms with E-state index in [0.717, 1.165) is 23.7 Å². The van der Waals surface area contributed by atoms with Gasteiger partial charge in [-0.3, -0.25) is 14.2 Å². The normalized spacial score (nSPS) is 31.3. The Morgan fingerprint density at radius 3 is 2.72 bits per heavy atom. The molecule has 3 aliphatic rings. The van der Waals surface area contributed by atoms with Crippen LogP contribution in [0.4, 0.5) is 4.79 Å². The molecule has 4 N–H and O–H groups in total. The van der Waals surface area contributed by atoms with Crippen LogP contribution in [0.25, 0.3) is 0 Å². The minimum atomic E-state index is -4.81. The molecule has 4 atom stereocenters. The number of piperidine rings is 2. The van der Waals surface area contributed by atoms with Crippen molar-refractivity contribution in [2.75, 3.05) is 13.2 Å². The highest BCUT2D eigenvalue weighted by molar-refractivity contribution is 7.80. The topological polar surface area (TPSA) is 146 Å². The van der Waals surface area contributed by atoms with Crippen LogP contribution < -0.4 is 16.3 Å². The van der Waals surface area contributed by atoms with E-state index < -0.39 is 28.4 Å². The highest BCUT2D eigenvalue weighted by atomic mass is 32.3. The van der Waals surface area contributed by atoms with Gasteiger partial charge in [0.05, 0.1) is 6.61 Å². The third kappa shape index (κ3) is 5.01. The van der Waals surface area contributed by atoms with Crippen LogP contribution in [-0.2, 0) is 24.3 Å². The Labute approximate surface area is 145 Å². The third-order valence-corrected chi connectivity index (χ3v) is 5.01. The van der Waals surface area contributed by atoms with Crippen LogP contribution in [0.1, 0.15) is 32.1 Å². The molecule has 3 rings (SSSR count). The van der Waals surface area contributed by atoms with Gasteiger partial charge in [0.1, 0.15) is 6.04 Å². The van der Waals surface area contributed by atoms with E-state index in [1.807, 2.05) is 0 Å². The summed E-state index contributed by atoms with van der Waals surface area (Å²) in [6.07, 6.45) is 4.07. The summed E-state index contributed by atoms with van der Waals surface area (Å²) >= 11 is 0. The summed E-state index contributed by atoms with van der Waals surface area (Å²) in [4.78, 5) is 30.6. The number of hydrogen-bond acceptors (Lipinski definition) is 7. The molecular weight excluding hydrogens is 356 g/mol. The Morgan fingerprint density at radius 2 is 2.04 bits per heavy atom. The minimum absolute atomic E-state index is 0.220. The van der Waals surface area contributed by atoms with Gasteiger partial charge < -0.3 is 10.2 Å². The van der Waals surface area contributed by atoms with Gasteiger partial charge in [0, 0.05) is 18.6 Å². The van der Waals surface area contributed by atoms with Crippen molar-refractivity contribution < 1.29 is 31.7 Å². The second kappa shape index (κ2) is 7.41. The number of carbonyl (C=O) groups is 2. The summed E-state index contributed by atoms with van der Waals surface area (Å²) in [6, 6.07) is -0.915. The average Bonchev–Trinajstić information content (AvgIpc) is 3.18. The van der Waals surface area contributed by atoms with Gasteiger partial charge in [-0.05, 0) is 38.0 Å². The lowest BCUT2D eigenvalue weighted by molar-refractivity contribution is -0.139. The molecule has 25 heavy (non-hydrogen) atoms. The summed E-state index contributed by atoms with van der Waals surface area (Å²) in [6.45, 7) is 0.607. The van der Waals surface area contributed by atoms with Crippen LogP contribution in [-0.4, -0.2) is 61.1 Å². The number of carbonyl (C=O) groups excluding carboxylic acids is 2. The molecule has 0 radical (unpaired) electrons. The van der Waals surface area contributed by atoms with Crippen LogP contribution in [0, 0.1) is 5.92 Å². The first-order valence-corrected chi connectivity index (χ1v) is 9.60. The molecule has 2 saturated heterocycles. The molecule has 0 aromatic rings. The Hall–Kier alpha value is -1.47. The predicted octanol–water partition coefficient (Wildman–Crippen LogP) is -0.917. The van der Waals surface area contributed by atoms with E-state index in [1.54, 1.807) is 5.48 Å². The molecular formula is C13H22N4O7S. The van der Waals surface area contributed by atoms with E-state index in [2.05, 4.69) is 15.1 Å². The highest BCUT2D eigenvalue weighted by Gasteiger charge is 2.45. The first-order chi connectivity index (χ1) is 11.8. The van der Waals surface area contributed by atoms with Gasteiger partial charge in [-0.15, -0.1) is 4.28 Å². The van der Waals surface area contributed by atoms with Crippen LogP contribution in [0.15, 0.2) is 0 Å². The van der Waals surface area contributed by atoms with E-state index in [9.17, 15) is 18.0 Å². The van der Waals surface area contributed by atoms with Crippen LogP contribution in [0.5, 0.6) is 0 Å². The van der Waals surface area contributed by atoms with Crippen molar-refractivity contribution in [2.45, 2.75) is 50.2 Å². The molecule has 3 fully saturated rings. The maximum Gasteiger partial charge on any atom is 0.418 e. The summed E-state index contributed by atoms with van der Waals surface area (Å²) in [5, 5.41) is 3.39. The molecule has 12 heteroatoms. The van der Waals surface area contributed by atoms with Gasteiger partial charge in [-0.1, -0.05) is 0 Å². The Balaban J connectivity index is 1.45. The summed E-state index contributed by atoms with van der Waals surface area (Å²) < 4.78 is 33.4. The monoisotopic (exact) mass is 378 g/mol. The van der Waals surface area contributed by atoms with Crippen molar-refractivity contribution in [1.29, 1.82) is 0 Å². The first kappa shape index (κ1) is 18.3. The van der Waals surface area contributed by atoms with Gasteiger partial charge >= 0.3 is 16.4 Å². The molecule has 1 saturated carbocycles. The fourth-order valence-electron chi connectivity index (χ4n) is 3.44. The van der Waals surface area contributed by atoms with Crippen molar-refractivity contribution in [3.8, 4) is 0 Å². The van der Waals surface area contributed by atoms with Crippen molar-refractivity contribution in [2.24, 2.45) is 5.92 Å². The zero-order chi connectivity index (χ0) is 18.0. The van der Waals surface area contributed by atoms with E-state index in [-0.39, 0.29) is 12.6 Å². The lowest BCUT2D eigenvalue weighted by Gasteiger charge is -2.33. The number of nitrogens with one attached hydrogen (secondary N) is 3. The molecule has 0 bridgehead atoms. The number of hydroxylamine groups is 2. The standard InChI is InChI=1S/C13H22N4O7S/c18-12(15-23-7-9-5-8-6-10(8)14-9)11-3-1-2-4-17(11)13(19)16-24-25(20,21)22/h8-11,14H,1-7H2,(H,15,18)(H,16,19)(H,20,21,22)/t8?,9?,10?,11-/m0/s1. The molecule has 11 nitrogen and oxygen atoms in total. The summed E-state index contributed by atoms with van der Waals surface area (Å²) in [7, 11) is -4.81. The maximum absolute atomic E-state index is 12.3. The molecule has 0 aromatic heterocycles. The second-order valence-electron chi connectivity index (χ2n) is 6.60. The van der Waals surface area contributed by atoms with Gasteiger partial charge in [-0.2, -0.15) is 13.9 Å². The van der Waals surface area contributed by atoms with Gasteiger partial charge in [0.15, 0.2) is 0 Å². The number of fused-ring (bicyclic) bond motifs is 1. The zero-order valence-corrected chi connectivity index (χ0v) is 14.3. The predicted molar refractivity (Wildman–Crippen MR) is 83.0 cm³/mol.